The van der Waals surface area contributed by atoms with Crippen LogP contribution in [0.4, 0.5) is 0 Å². The second kappa shape index (κ2) is 10.1. The molecule has 6 heteroatoms. The van der Waals surface area contributed by atoms with Gasteiger partial charge in [0.1, 0.15) is 0 Å². The Labute approximate surface area is 194 Å². The van der Waals surface area contributed by atoms with Crippen molar-refractivity contribution < 1.29 is 9.53 Å². The van der Waals surface area contributed by atoms with Crippen molar-refractivity contribution in [3.8, 4) is 17.1 Å². The first kappa shape index (κ1) is 22.3. The second-order valence-corrected chi connectivity index (χ2v) is 8.82. The van der Waals surface area contributed by atoms with E-state index in [1.165, 1.54) is 44.8 Å². The van der Waals surface area contributed by atoms with Gasteiger partial charge in [0.2, 0.25) is 0 Å². The third-order valence-electron chi connectivity index (χ3n) is 6.15. The maximum atomic E-state index is 13.2. The van der Waals surface area contributed by atoms with Crippen LogP contribution in [-0.2, 0) is 0 Å². The predicted molar refractivity (Wildman–Crippen MR) is 127 cm³/mol. The van der Waals surface area contributed by atoms with Crippen LogP contribution in [0.1, 0.15) is 72.5 Å². The molecule has 1 aliphatic carbocycles. The molecule has 0 bridgehead atoms. The zero-order valence-electron chi connectivity index (χ0n) is 18.5. The summed E-state index contributed by atoms with van der Waals surface area (Å²) in [4.78, 5) is 21.5. The van der Waals surface area contributed by atoms with E-state index >= 15 is 0 Å². The Balaban J connectivity index is 1.62. The van der Waals surface area contributed by atoms with E-state index in [1.54, 1.807) is 12.4 Å². The van der Waals surface area contributed by atoms with Crippen molar-refractivity contribution in [2.24, 2.45) is 0 Å². The third kappa shape index (κ3) is 5.28. The highest BCUT2D eigenvalue weighted by atomic mass is 35.5. The van der Waals surface area contributed by atoms with Crippen LogP contribution in [0.3, 0.4) is 0 Å². The van der Waals surface area contributed by atoms with Crippen LogP contribution in [0.5, 0.6) is 6.01 Å². The smallest absolute Gasteiger partial charge is 0.316 e. The average Bonchev–Trinajstić information content (AvgIpc) is 2.84. The van der Waals surface area contributed by atoms with Gasteiger partial charge in [-0.25, -0.2) is 9.97 Å². The van der Waals surface area contributed by atoms with E-state index in [0.29, 0.717) is 22.5 Å². The van der Waals surface area contributed by atoms with Crippen LogP contribution >= 0.6 is 11.6 Å². The predicted octanol–water partition coefficient (Wildman–Crippen LogP) is 6.34. The maximum Gasteiger partial charge on any atom is 0.316 e. The van der Waals surface area contributed by atoms with Crippen molar-refractivity contribution in [2.45, 2.75) is 51.0 Å². The molecular weight excluding hydrogens is 422 g/mol. The maximum absolute atomic E-state index is 13.2. The minimum atomic E-state index is -0.231. The van der Waals surface area contributed by atoms with Gasteiger partial charge in [-0.15, -0.1) is 0 Å². The Bertz CT molecular complexity index is 1060. The van der Waals surface area contributed by atoms with Gasteiger partial charge in [-0.05, 0) is 66.6 Å². The highest BCUT2D eigenvalue weighted by Crippen LogP contribution is 2.35. The summed E-state index contributed by atoms with van der Waals surface area (Å²) >= 11 is 6.09. The lowest BCUT2D eigenvalue weighted by Crippen LogP contribution is -2.27. The van der Waals surface area contributed by atoms with E-state index in [9.17, 15) is 4.79 Å². The van der Waals surface area contributed by atoms with Crippen LogP contribution in [0.2, 0.25) is 5.02 Å². The molecule has 0 unspecified atom stereocenters. The fourth-order valence-corrected chi connectivity index (χ4v) is 4.41. The molecule has 5 nitrogen and oxygen atoms in total. The van der Waals surface area contributed by atoms with Crippen molar-refractivity contribution in [1.29, 1.82) is 0 Å². The van der Waals surface area contributed by atoms with Crippen molar-refractivity contribution in [3.05, 3.63) is 76.6 Å². The van der Waals surface area contributed by atoms with E-state index in [-0.39, 0.29) is 11.9 Å². The number of amides is 1. The molecule has 1 saturated carbocycles. The number of nitrogens with zero attached hydrogens (tertiary/aromatic N) is 2. The van der Waals surface area contributed by atoms with Gasteiger partial charge in [-0.3, -0.25) is 4.79 Å². The number of ether oxygens (including phenoxy) is 1. The Morgan fingerprint density at radius 2 is 1.72 bits per heavy atom. The van der Waals surface area contributed by atoms with E-state index in [2.05, 4.69) is 27.4 Å². The van der Waals surface area contributed by atoms with Gasteiger partial charge in [-0.1, -0.05) is 49.1 Å². The lowest BCUT2D eigenvalue weighted by Gasteiger charge is -2.23. The van der Waals surface area contributed by atoms with Gasteiger partial charge >= 0.3 is 6.01 Å². The number of carbonyl (C=O) groups is 1. The zero-order valence-corrected chi connectivity index (χ0v) is 19.2. The number of benzene rings is 2. The quantitative estimate of drug-likeness (QED) is 0.476. The molecule has 1 N–H and O–H groups in total. The molecule has 166 valence electrons. The van der Waals surface area contributed by atoms with Crippen molar-refractivity contribution in [1.82, 2.24) is 15.3 Å². The van der Waals surface area contributed by atoms with Gasteiger partial charge in [0, 0.05) is 28.5 Å². The number of hydrogen-bond acceptors (Lipinski definition) is 4. The van der Waals surface area contributed by atoms with Crippen LogP contribution in [-0.4, -0.2) is 23.0 Å². The van der Waals surface area contributed by atoms with Crippen LogP contribution < -0.4 is 10.1 Å². The van der Waals surface area contributed by atoms with Crippen molar-refractivity contribution >= 4 is 17.5 Å². The van der Waals surface area contributed by atoms with E-state index in [0.717, 1.165) is 16.7 Å². The largest absolute Gasteiger partial charge is 0.467 e. The summed E-state index contributed by atoms with van der Waals surface area (Å²) in [6.45, 7) is 1.92. The second-order valence-electron chi connectivity index (χ2n) is 8.38. The summed E-state index contributed by atoms with van der Waals surface area (Å²) < 4.78 is 5.01. The molecule has 0 saturated heterocycles. The summed E-state index contributed by atoms with van der Waals surface area (Å²) in [5.74, 6) is 0.385. The molecule has 0 aliphatic heterocycles. The lowest BCUT2D eigenvalue weighted by atomic mass is 9.82. The number of halogens is 1. The molecule has 1 atom stereocenters. The van der Waals surface area contributed by atoms with Crippen LogP contribution in [0.15, 0.2) is 54.9 Å². The summed E-state index contributed by atoms with van der Waals surface area (Å²) in [6, 6.07) is 14.1. The number of methoxy groups -OCH3 is 1. The van der Waals surface area contributed by atoms with Gasteiger partial charge in [0.05, 0.1) is 13.2 Å². The van der Waals surface area contributed by atoms with Gasteiger partial charge in [0.25, 0.3) is 5.91 Å². The minimum Gasteiger partial charge on any atom is -0.467 e. The molecule has 1 amide bonds. The number of rotatable bonds is 6. The monoisotopic (exact) mass is 449 g/mol. The van der Waals surface area contributed by atoms with Crippen molar-refractivity contribution in [2.75, 3.05) is 7.11 Å². The van der Waals surface area contributed by atoms with Gasteiger partial charge in [0.15, 0.2) is 0 Å². The Morgan fingerprint density at radius 3 is 2.38 bits per heavy atom. The molecular formula is C26H28ClN3O2. The summed E-state index contributed by atoms with van der Waals surface area (Å²) in [5, 5.41) is 3.79. The standard InChI is InChI=1S/C26H28ClN3O2/c1-17(23-15-28-26(32-2)29-16-23)30-25(31)22-13-20(18-6-4-3-5-7-18)12-21(14-22)19-8-10-24(27)11-9-19/h8-18H,3-7H2,1-2H3,(H,30,31)/t17-/m1/s1. The van der Waals surface area contributed by atoms with E-state index in [1.807, 2.05) is 37.3 Å². The molecule has 3 aromatic rings. The van der Waals surface area contributed by atoms with Crippen LogP contribution in [0, 0.1) is 0 Å². The highest BCUT2D eigenvalue weighted by Gasteiger charge is 2.20. The lowest BCUT2D eigenvalue weighted by molar-refractivity contribution is 0.0939. The molecule has 4 rings (SSSR count). The first-order valence-corrected chi connectivity index (χ1v) is 11.5. The van der Waals surface area contributed by atoms with E-state index < -0.39 is 0 Å². The summed E-state index contributed by atoms with van der Waals surface area (Å²) in [6.07, 6.45) is 9.47. The number of hydrogen-bond donors (Lipinski definition) is 1. The molecule has 0 spiro atoms. The summed E-state index contributed by atoms with van der Waals surface area (Å²) in [5.41, 5.74) is 4.82. The Morgan fingerprint density at radius 1 is 1.03 bits per heavy atom. The fraction of sp³-hybridized carbons (Fsp3) is 0.346. The first-order chi connectivity index (χ1) is 15.5. The molecule has 0 radical (unpaired) electrons. The van der Waals surface area contributed by atoms with E-state index in [4.69, 9.17) is 16.3 Å². The minimum absolute atomic E-state index is 0.110. The first-order valence-electron chi connectivity index (χ1n) is 11.1. The SMILES string of the molecule is COc1ncc([C@@H](C)NC(=O)c2cc(-c3ccc(Cl)cc3)cc(C3CCCCC3)c2)cn1. The summed E-state index contributed by atoms with van der Waals surface area (Å²) in [7, 11) is 1.53. The number of carbonyl (C=O) groups excluding carboxylic acids is 1. The zero-order chi connectivity index (χ0) is 22.5. The Kier molecular flexibility index (Phi) is 7.05. The fourth-order valence-electron chi connectivity index (χ4n) is 4.28. The number of aromatic nitrogens is 2. The third-order valence-corrected chi connectivity index (χ3v) is 6.40. The molecule has 1 heterocycles. The van der Waals surface area contributed by atoms with Crippen LogP contribution in [0.25, 0.3) is 11.1 Å². The average molecular weight is 450 g/mol. The van der Waals surface area contributed by atoms with Crippen molar-refractivity contribution in [3.63, 3.8) is 0 Å². The molecule has 1 aromatic heterocycles. The normalized spacial score (nSPS) is 15.2. The topological polar surface area (TPSA) is 64.1 Å². The van der Waals surface area contributed by atoms with Gasteiger partial charge < -0.3 is 10.1 Å². The highest BCUT2D eigenvalue weighted by molar-refractivity contribution is 6.30. The molecule has 32 heavy (non-hydrogen) atoms. The Hall–Kier alpha value is -2.92. The molecule has 2 aromatic carbocycles. The van der Waals surface area contributed by atoms with Gasteiger partial charge in [-0.2, -0.15) is 0 Å². The molecule has 1 fully saturated rings. The number of nitrogens with one attached hydrogen (secondary N) is 1. The molecule has 1 aliphatic rings.